The molecule has 17 heavy (non-hydrogen) atoms. The van der Waals surface area contributed by atoms with E-state index in [-0.39, 0.29) is 18.8 Å². The lowest BCUT2D eigenvalue weighted by molar-refractivity contribution is -0.0423. The number of hydrogen-bond acceptors (Lipinski definition) is 5. The molecule has 1 aliphatic rings. The minimum atomic E-state index is -0.195. The summed E-state index contributed by atoms with van der Waals surface area (Å²) in [5, 5.41) is 9.56. The maximum absolute atomic E-state index is 9.18. The fraction of sp³-hybridized carbons (Fsp3) is 0.600. The number of halogens is 2. The van der Waals surface area contributed by atoms with Crippen LogP contribution < -0.4 is 4.90 Å². The van der Waals surface area contributed by atoms with Crippen molar-refractivity contribution in [2.24, 2.45) is 0 Å². The number of aromatic nitrogens is 2. The normalized spacial score (nSPS) is 25.1. The molecular formula is C10H13BrClN3O2. The molecule has 1 aromatic heterocycles. The number of aliphatic hydroxyl groups is 1. The molecule has 0 saturated carbocycles. The van der Waals surface area contributed by atoms with E-state index in [9.17, 15) is 5.11 Å². The van der Waals surface area contributed by atoms with Crippen molar-refractivity contribution in [3.05, 3.63) is 16.0 Å². The van der Waals surface area contributed by atoms with Gasteiger partial charge >= 0.3 is 0 Å². The van der Waals surface area contributed by atoms with Crippen LogP contribution in [0.15, 0.2) is 10.8 Å². The van der Waals surface area contributed by atoms with Crippen molar-refractivity contribution >= 4 is 33.3 Å². The molecule has 0 spiro atoms. The molecule has 0 aliphatic carbocycles. The van der Waals surface area contributed by atoms with Crippen LogP contribution in [0.3, 0.4) is 0 Å². The molecule has 0 radical (unpaired) electrons. The third-order valence-corrected chi connectivity index (χ3v) is 3.80. The fourth-order valence-electron chi connectivity index (χ4n) is 1.88. The lowest BCUT2D eigenvalue weighted by atomic mass is 10.2. The Kier molecular flexibility index (Phi) is 4.19. The van der Waals surface area contributed by atoms with E-state index in [1.807, 2.05) is 11.8 Å². The third-order valence-electron chi connectivity index (χ3n) is 2.56. The summed E-state index contributed by atoms with van der Waals surface area (Å²) in [7, 11) is 0. The van der Waals surface area contributed by atoms with Crippen LogP contribution in [0.25, 0.3) is 0 Å². The first-order valence-electron chi connectivity index (χ1n) is 5.29. The van der Waals surface area contributed by atoms with E-state index in [1.165, 1.54) is 6.33 Å². The van der Waals surface area contributed by atoms with Gasteiger partial charge in [-0.1, -0.05) is 11.6 Å². The molecule has 2 rings (SSSR count). The summed E-state index contributed by atoms with van der Waals surface area (Å²) in [5.41, 5.74) is 0. The Labute approximate surface area is 113 Å². The third kappa shape index (κ3) is 2.88. The highest BCUT2D eigenvalue weighted by atomic mass is 79.9. The SMILES string of the molecule is CC1CN(c2ncnc(Cl)c2Br)CC(CO)O1. The van der Waals surface area contributed by atoms with Crippen LogP contribution in [0.1, 0.15) is 6.92 Å². The van der Waals surface area contributed by atoms with Crippen molar-refractivity contribution in [3.63, 3.8) is 0 Å². The van der Waals surface area contributed by atoms with Gasteiger partial charge in [-0.15, -0.1) is 0 Å². The van der Waals surface area contributed by atoms with Crippen LogP contribution in [-0.4, -0.2) is 47.0 Å². The van der Waals surface area contributed by atoms with Gasteiger partial charge in [-0.3, -0.25) is 0 Å². The molecule has 2 unspecified atom stereocenters. The van der Waals surface area contributed by atoms with E-state index < -0.39 is 0 Å². The van der Waals surface area contributed by atoms with Crippen molar-refractivity contribution in [2.45, 2.75) is 19.1 Å². The molecule has 0 amide bonds. The second-order valence-corrected chi connectivity index (χ2v) is 5.11. The monoisotopic (exact) mass is 321 g/mol. The van der Waals surface area contributed by atoms with Gasteiger partial charge in [0.2, 0.25) is 0 Å². The molecule has 1 aromatic rings. The Balaban J connectivity index is 2.23. The summed E-state index contributed by atoms with van der Waals surface area (Å²) in [6.45, 7) is 3.26. The van der Waals surface area contributed by atoms with Crippen molar-refractivity contribution in [3.8, 4) is 0 Å². The number of rotatable bonds is 2. The predicted octanol–water partition coefficient (Wildman–Crippen LogP) is 1.48. The van der Waals surface area contributed by atoms with Crippen LogP contribution in [0.5, 0.6) is 0 Å². The van der Waals surface area contributed by atoms with Gasteiger partial charge in [-0.05, 0) is 22.9 Å². The molecule has 1 saturated heterocycles. The van der Waals surface area contributed by atoms with E-state index in [1.54, 1.807) is 0 Å². The van der Waals surface area contributed by atoms with Crippen molar-refractivity contribution in [2.75, 3.05) is 24.6 Å². The molecule has 94 valence electrons. The highest BCUT2D eigenvalue weighted by Crippen LogP contribution is 2.30. The molecule has 2 heterocycles. The summed E-state index contributed by atoms with van der Waals surface area (Å²) in [6.07, 6.45) is 1.28. The van der Waals surface area contributed by atoms with Gasteiger partial charge in [0.05, 0.1) is 23.3 Å². The summed E-state index contributed by atoms with van der Waals surface area (Å²) in [4.78, 5) is 10.1. The van der Waals surface area contributed by atoms with Crippen LogP contribution >= 0.6 is 27.5 Å². The highest BCUT2D eigenvalue weighted by molar-refractivity contribution is 9.10. The van der Waals surface area contributed by atoms with Gasteiger partial charge in [-0.25, -0.2) is 9.97 Å². The Morgan fingerprint density at radius 2 is 2.35 bits per heavy atom. The predicted molar refractivity (Wildman–Crippen MR) is 68.4 cm³/mol. The van der Waals surface area contributed by atoms with Crippen LogP contribution in [-0.2, 0) is 4.74 Å². The number of hydrogen-bond donors (Lipinski definition) is 1. The Morgan fingerprint density at radius 3 is 3.06 bits per heavy atom. The second-order valence-electron chi connectivity index (χ2n) is 3.96. The first kappa shape index (κ1) is 13.0. The van der Waals surface area contributed by atoms with E-state index in [4.69, 9.17) is 16.3 Å². The largest absolute Gasteiger partial charge is 0.394 e. The zero-order valence-corrected chi connectivity index (χ0v) is 11.6. The Morgan fingerprint density at radius 1 is 1.59 bits per heavy atom. The lowest BCUT2D eigenvalue weighted by Crippen LogP contribution is -2.48. The van der Waals surface area contributed by atoms with Gasteiger partial charge in [0, 0.05) is 13.1 Å². The first-order valence-corrected chi connectivity index (χ1v) is 6.46. The molecule has 5 nitrogen and oxygen atoms in total. The van der Waals surface area contributed by atoms with Gasteiger partial charge < -0.3 is 14.7 Å². The molecule has 1 aliphatic heterocycles. The van der Waals surface area contributed by atoms with E-state index in [0.717, 1.165) is 5.82 Å². The van der Waals surface area contributed by atoms with Crippen molar-refractivity contribution < 1.29 is 9.84 Å². The first-order chi connectivity index (χ1) is 8.11. The zero-order valence-electron chi connectivity index (χ0n) is 9.31. The zero-order chi connectivity index (χ0) is 12.4. The smallest absolute Gasteiger partial charge is 0.148 e. The minimum Gasteiger partial charge on any atom is -0.394 e. The topological polar surface area (TPSA) is 58.5 Å². The van der Waals surface area contributed by atoms with E-state index in [0.29, 0.717) is 22.7 Å². The molecule has 7 heteroatoms. The van der Waals surface area contributed by atoms with Crippen molar-refractivity contribution in [1.82, 2.24) is 9.97 Å². The number of nitrogens with zero attached hydrogens (tertiary/aromatic N) is 3. The number of morpholine rings is 1. The fourth-order valence-corrected chi connectivity index (χ4v) is 2.46. The molecule has 1 N–H and O–H groups in total. The van der Waals surface area contributed by atoms with Gasteiger partial charge in [0.15, 0.2) is 0 Å². The van der Waals surface area contributed by atoms with Crippen LogP contribution in [0.2, 0.25) is 5.15 Å². The van der Waals surface area contributed by atoms with Gasteiger partial charge in [-0.2, -0.15) is 0 Å². The summed E-state index contributed by atoms with van der Waals surface area (Å²) in [5.74, 6) is 0.735. The quantitative estimate of drug-likeness (QED) is 0.836. The van der Waals surface area contributed by atoms with Crippen LogP contribution in [0.4, 0.5) is 5.82 Å². The maximum Gasteiger partial charge on any atom is 0.148 e. The standard InChI is InChI=1S/C10H13BrClN3O2/c1-6-2-15(3-7(4-16)17-6)10-8(11)9(12)13-5-14-10/h5-7,16H,2-4H2,1H3. The van der Waals surface area contributed by atoms with Gasteiger partial charge in [0.25, 0.3) is 0 Å². The van der Waals surface area contributed by atoms with E-state index >= 15 is 0 Å². The van der Waals surface area contributed by atoms with Crippen LogP contribution in [0, 0.1) is 0 Å². The highest BCUT2D eigenvalue weighted by Gasteiger charge is 2.27. The van der Waals surface area contributed by atoms with E-state index in [2.05, 4.69) is 25.9 Å². The average molecular weight is 323 g/mol. The number of ether oxygens (including phenoxy) is 1. The van der Waals surface area contributed by atoms with Gasteiger partial charge in [0.1, 0.15) is 17.3 Å². The lowest BCUT2D eigenvalue weighted by Gasteiger charge is -2.37. The molecular weight excluding hydrogens is 309 g/mol. The minimum absolute atomic E-state index is 0.00270. The average Bonchev–Trinajstić information content (AvgIpc) is 2.31. The Bertz CT molecular complexity index is 407. The molecule has 1 fully saturated rings. The Hall–Kier alpha value is -0.430. The molecule has 0 bridgehead atoms. The molecule has 2 atom stereocenters. The molecule has 0 aromatic carbocycles. The summed E-state index contributed by atoms with van der Waals surface area (Å²) in [6, 6.07) is 0. The summed E-state index contributed by atoms with van der Waals surface area (Å²) < 4.78 is 6.25. The number of aliphatic hydroxyl groups excluding tert-OH is 1. The summed E-state index contributed by atoms with van der Waals surface area (Å²) >= 11 is 9.31. The maximum atomic E-state index is 9.18. The number of anilines is 1. The van der Waals surface area contributed by atoms with Crippen molar-refractivity contribution in [1.29, 1.82) is 0 Å². The second kappa shape index (κ2) is 5.48.